The summed E-state index contributed by atoms with van der Waals surface area (Å²) in [4.78, 5) is 5.90. The molecule has 0 unspecified atom stereocenters. The molecule has 3 aromatic rings. The molecule has 0 fully saturated rings. The average molecular weight is 339 g/mol. The van der Waals surface area contributed by atoms with Gasteiger partial charge in [0.05, 0.1) is 15.6 Å². The fourth-order valence-electron chi connectivity index (χ4n) is 2.89. The lowest BCUT2D eigenvalue weighted by Crippen LogP contribution is -1.99. The normalized spacial score (nSPS) is 14.6. The molecule has 2 N–H and O–H groups in total. The number of fused-ring (bicyclic) bond motifs is 2. The number of anilines is 1. The van der Waals surface area contributed by atoms with E-state index in [4.69, 9.17) is 33.4 Å². The monoisotopic (exact) mass is 338 g/mol. The van der Waals surface area contributed by atoms with E-state index in [1.165, 1.54) is 23.3 Å². The maximum atomic E-state index is 6.20. The van der Waals surface area contributed by atoms with Gasteiger partial charge in [-0.25, -0.2) is 4.98 Å². The molecular formula is C15H12Cl2N2OS. The predicted molar refractivity (Wildman–Crippen MR) is 88.4 cm³/mol. The van der Waals surface area contributed by atoms with Crippen molar-refractivity contribution < 1.29 is 4.42 Å². The Labute approximate surface area is 135 Å². The van der Waals surface area contributed by atoms with Crippen LogP contribution in [0.3, 0.4) is 0 Å². The van der Waals surface area contributed by atoms with E-state index in [1.54, 1.807) is 23.5 Å². The number of oxazole rings is 1. The maximum Gasteiger partial charge on any atom is 0.230 e. The lowest BCUT2D eigenvalue weighted by atomic mass is 9.95. The third kappa shape index (κ3) is 2.13. The van der Waals surface area contributed by atoms with Gasteiger partial charge in [0.2, 0.25) is 5.89 Å². The van der Waals surface area contributed by atoms with Gasteiger partial charge in [0, 0.05) is 9.90 Å². The Balaban J connectivity index is 1.95. The van der Waals surface area contributed by atoms with Crippen LogP contribution in [0.5, 0.6) is 0 Å². The minimum absolute atomic E-state index is 0.471. The first-order valence-corrected chi connectivity index (χ1v) is 8.36. The molecule has 0 bridgehead atoms. The van der Waals surface area contributed by atoms with Crippen molar-refractivity contribution in [3.63, 3.8) is 0 Å². The Morgan fingerprint density at radius 3 is 2.86 bits per heavy atom. The van der Waals surface area contributed by atoms with Gasteiger partial charge in [0.25, 0.3) is 0 Å². The van der Waals surface area contributed by atoms with Crippen molar-refractivity contribution >= 4 is 50.6 Å². The minimum Gasteiger partial charge on any atom is -0.434 e. The lowest BCUT2D eigenvalue weighted by molar-refractivity contribution is 0.617. The van der Waals surface area contributed by atoms with Crippen LogP contribution >= 0.6 is 34.5 Å². The number of rotatable bonds is 1. The van der Waals surface area contributed by atoms with Crippen molar-refractivity contribution in [2.45, 2.75) is 25.7 Å². The largest absolute Gasteiger partial charge is 0.434 e. The molecule has 1 aliphatic rings. The van der Waals surface area contributed by atoms with Gasteiger partial charge < -0.3 is 10.2 Å². The van der Waals surface area contributed by atoms with Gasteiger partial charge in [0.1, 0.15) is 5.52 Å². The number of halogens is 2. The van der Waals surface area contributed by atoms with E-state index in [0.29, 0.717) is 27.0 Å². The number of thiophene rings is 1. The molecule has 0 aliphatic heterocycles. The van der Waals surface area contributed by atoms with Gasteiger partial charge in [-0.05, 0) is 43.4 Å². The van der Waals surface area contributed by atoms with E-state index in [2.05, 4.69) is 4.98 Å². The third-order valence-electron chi connectivity index (χ3n) is 3.82. The molecule has 0 atom stereocenters. The van der Waals surface area contributed by atoms with Gasteiger partial charge >= 0.3 is 0 Å². The summed E-state index contributed by atoms with van der Waals surface area (Å²) in [6.45, 7) is 0. The van der Waals surface area contributed by atoms with Gasteiger partial charge in [-0.15, -0.1) is 11.3 Å². The standard InChI is InChI=1S/C15H12Cl2N2OS/c16-7-5-9(17)13-10(6-7)19-15(20-13)12-8-3-1-2-4-11(8)21-14(12)18/h5-6H,1-4,18H2. The smallest absolute Gasteiger partial charge is 0.230 e. The summed E-state index contributed by atoms with van der Waals surface area (Å²) in [6, 6.07) is 3.41. The number of nitrogen functional groups attached to an aromatic ring is 1. The molecule has 0 radical (unpaired) electrons. The highest BCUT2D eigenvalue weighted by Crippen LogP contribution is 2.43. The van der Waals surface area contributed by atoms with Crippen molar-refractivity contribution in [2.75, 3.05) is 5.73 Å². The zero-order valence-corrected chi connectivity index (χ0v) is 13.4. The molecule has 108 valence electrons. The quantitative estimate of drug-likeness (QED) is 0.652. The number of hydrogen-bond donors (Lipinski definition) is 1. The molecule has 4 rings (SSSR count). The number of aryl methyl sites for hydroxylation is 1. The molecule has 2 aromatic heterocycles. The topological polar surface area (TPSA) is 52.0 Å². The summed E-state index contributed by atoms with van der Waals surface area (Å²) < 4.78 is 5.87. The Morgan fingerprint density at radius 1 is 1.19 bits per heavy atom. The van der Waals surface area contributed by atoms with Crippen LogP contribution in [0.15, 0.2) is 16.5 Å². The number of nitrogens with two attached hydrogens (primary N) is 1. The second-order valence-electron chi connectivity index (χ2n) is 5.21. The molecule has 6 heteroatoms. The van der Waals surface area contributed by atoms with Crippen LogP contribution in [-0.4, -0.2) is 4.98 Å². The summed E-state index contributed by atoms with van der Waals surface area (Å²) in [5.74, 6) is 0.547. The first-order chi connectivity index (χ1) is 10.1. The first kappa shape index (κ1) is 13.4. The molecule has 0 amide bonds. The highest BCUT2D eigenvalue weighted by Gasteiger charge is 2.24. The van der Waals surface area contributed by atoms with Crippen molar-refractivity contribution in [3.8, 4) is 11.5 Å². The van der Waals surface area contributed by atoms with Crippen LogP contribution in [0.25, 0.3) is 22.6 Å². The fourth-order valence-corrected chi connectivity index (χ4v) is 4.56. The second-order valence-corrected chi connectivity index (χ2v) is 7.19. The SMILES string of the molecule is Nc1sc2c(c1-c1nc3cc(Cl)cc(Cl)c3o1)CCCC2. The van der Waals surface area contributed by atoms with E-state index in [-0.39, 0.29) is 0 Å². The van der Waals surface area contributed by atoms with E-state index < -0.39 is 0 Å². The molecule has 21 heavy (non-hydrogen) atoms. The van der Waals surface area contributed by atoms with Crippen LogP contribution in [0, 0.1) is 0 Å². The number of benzene rings is 1. The van der Waals surface area contributed by atoms with Gasteiger partial charge in [-0.1, -0.05) is 23.2 Å². The van der Waals surface area contributed by atoms with E-state index in [9.17, 15) is 0 Å². The van der Waals surface area contributed by atoms with E-state index in [1.807, 2.05) is 0 Å². The predicted octanol–water partition coefficient (Wildman–Crippen LogP) is 5.32. The molecule has 3 nitrogen and oxygen atoms in total. The van der Waals surface area contributed by atoms with Crippen LogP contribution < -0.4 is 5.73 Å². The zero-order chi connectivity index (χ0) is 14.6. The molecule has 0 saturated carbocycles. The highest BCUT2D eigenvalue weighted by atomic mass is 35.5. The number of hydrogen-bond acceptors (Lipinski definition) is 4. The molecule has 0 saturated heterocycles. The molecule has 0 spiro atoms. The molecule has 1 aliphatic carbocycles. The minimum atomic E-state index is 0.471. The maximum absolute atomic E-state index is 6.20. The van der Waals surface area contributed by atoms with Crippen molar-refractivity contribution in [1.29, 1.82) is 0 Å². The summed E-state index contributed by atoms with van der Waals surface area (Å²) >= 11 is 13.8. The Kier molecular flexibility index (Phi) is 3.14. The van der Waals surface area contributed by atoms with Crippen molar-refractivity contribution in [1.82, 2.24) is 4.98 Å². The molecule has 2 heterocycles. The van der Waals surface area contributed by atoms with Crippen LogP contribution in [-0.2, 0) is 12.8 Å². The van der Waals surface area contributed by atoms with Crippen LogP contribution in [0.2, 0.25) is 10.0 Å². The van der Waals surface area contributed by atoms with Crippen LogP contribution in [0.4, 0.5) is 5.00 Å². The fraction of sp³-hybridized carbons (Fsp3) is 0.267. The highest BCUT2D eigenvalue weighted by molar-refractivity contribution is 7.16. The second kappa shape index (κ2) is 4.90. The Morgan fingerprint density at radius 2 is 2.00 bits per heavy atom. The lowest BCUT2D eigenvalue weighted by Gasteiger charge is -2.11. The Hall–Kier alpha value is -1.23. The summed E-state index contributed by atoms with van der Waals surface area (Å²) in [6.07, 6.45) is 4.53. The van der Waals surface area contributed by atoms with E-state index in [0.717, 1.165) is 23.4 Å². The van der Waals surface area contributed by atoms with E-state index >= 15 is 0 Å². The first-order valence-electron chi connectivity index (χ1n) is 6.79. The van der Waals surface area contributed by atoms with Gasteiger partial charge in [-0.3, -0.25) is 0 Å². The summed E-state index contributed by atoms with van der Waals surface area (Å²) in [7, 11) is 0. The van der Waals surface area contributed by atoms with Crippen LogP contribution in [0.1, 0.15) is 23.3 Å². The molecular weight excluding hydrogens is 327 g/mol. The summed E-state index contributed by atoms with van der Waals surface area (Å²) in [5, 5.41) is 1.79. The van der Waals surface area contributed by atoms with Crippen molar-refractivity contribution in [2.24, 2.45) is 0 Å². The number of aromatic nitrogens is 1. The van der Waals surface area contributed by atoms with Gasteiger partial charge in [0.15, 0.2) is 5.58 Å². The van der Waals surface area contributed by atoms with Gasteiger partial charge in [-0.2, -0.15) is 0 Å². The third-order valence-corrected chi connectivity index (χ3v) is 5.44. The summed E-state index contributed by atoms with van der Waals surface area (Å²) in [5.41, 5.74) is 9.66. The average Bonchev–Trinajstić information content (AvgIpc) is 2.98. The number of nitrogens with zero attached hydrogens (tertiary/aromatic N) is 1. The molecule has 1 aromatic carbocycles. The Bertz CT molecular complexity index is 853. The zero-order valence-electron chi connectivity index (χ0n) is 11.1. The van der Waals surface area contributed by atoms with Crippen molar-refractivity contribution in [3.05, 3.63) is 32.6 Å².